The molecule has 1 aliphatic rings. The van der Waals surface area contributed by atoms with Gasteiger partial charge in [-0.05, 0) is 37.0 Å². The van der Waals surface area contributed by atoms with E-state index < -0.39 is 0 Å². The Bertz CT molecular complexity index is 412. The van der Waals surface area contributed by atoms with E-state index >= 15 is 0 Å². The molecule has 4 nitrogen and oxygen atoms in total. The molecule has 0 radical (unpaired) electrons. The molecule has 1 heterocycles. The number of nitrogens with zero attached hydrogens (tertiary/aromatic N) is 1. The number of amides is 1. The Labute approximate surface area is 108 Å². The van der Waals surface area contributed by atoms with E-state index in [0.29, 0.717) is 5.92 Å². The van der Waals surface area contributed by atoms with Gasteiger partial charge < -0.3 is 15.3 Å². The molecule has 1 aromatic rings. The lowest BCUT2D eigenvalue weighted by Crippen LogP contribution is -2.39. The average Bonchev–Trinajstić information content (AvgIpc) is 2.46. The normalized spacial score (nSPS) is 16.7. The fourth-order valence-electron chi connectivity index (χ4n) is 2.31. The molecule has 0 aromatic heterocycles. The van der Waals surface area contributed by atoms with Crippen LogP contribution in [0, 0.1) is 5.92 Å². The third-order valence-corrected chi connectivity index (χ3v) is 3.56. The molecular formula is C14H20N2O2. The smallest absolute Gasteiger partial charge is 0.253 e. The SMILES string of the molecule is CNc1cccc(C(=O)N2CCC(CO)CC2)c1. The first-order chi connectivity index (χ1) is 8.74. The van der Waals surface area contributed by atoms with Crippen molar-refractivity contribution in [2.24, 2.45) is 5.92 Å². The fourth-order valence-corrected chi connectivity index (χ4v) is 2.31. The molecule has 1 saturated heterocycles. The van der Waals surface area contributed by atoms with E-state index in [1.807, 2.05) is 36.2 Å². The number of anilines is 1. The summed E-state index contributed by atoms with van der Waals surface area (Å²) >= 11 is 0. The molecule has 1 amide bonds. The lowest BCUT2D eigenvalue weighted by atomic mass is 9.97. The zero-order valence-electron chi connectivity index (χ0n) is 10.7. The molecule has 18 heavy (non-hydrogen) atoms. The molecule has 0 saturated carbocycles. The van der Waals surface area contributed by atoms with Crippen LogP contribution in [0.4, 0.5) is 5.69 Å². The van der Waals surface area contributed by atoms with Crippen LogP contribution in [0.1, 0.15) is 23.2 Å². The van der Waals surface area contributed by atoms with Crippen molar-refractivity contribution in [2.75, 3.05) is 32.1 Å². The highest BCUT2D eigenvalue weighted by Gasteiger charge is 2.23. The van der Waals surface area contributed by atoms with Crippen molar-refractivity contribution in [1.82, 2.24) is 4.90 Å². The molecule has 0 spiro atoms. The number of nitrogens with one attached hydrogen (secondary N) is 1. The van der Waals surface area contributed by atoms with Gasteiger partial charge in [-0.1, -0.05) is 6.07 Å². The monoisotopic (exact) mass is 248 g/mol. The van der Waals surface area contributed by atoms with Crippen LogP contribution in [0.3, 0.4) is 0 Å². The maximum absolute atomic E-state index is 12.3. The number of rotatable bonds is 3. The predicted octanol–water partition coefficient (Wildman–Crippen LogP) is 1.57. The van der Waals surface area contributed by atoms with Crippen molar-refractivity contribution < 1.29 is 9.90 Å². The summed E-state index contributed by atoms with van der Waals surface area (Å²) in [6.45, 7) is 1.72. The molecule has 1 aromatic carbocycles. The zero-order valence-corrected chi connectivity index (χ0v) is 10.7. The van der Waals surface area contributed by atoms with Crippen molar-refractivity contribution in [2.45, 2.75) is 12.8 Å². The number of hydrogen-bond donors (Lipinski definition) is 2. The molecule has 0 bridgehead atoms. The van der Waals surface area contributed by atoms with E-state index in [1.54, 1.807) is 0 Å². The van der Waals surface area contributed by atoms with Gasteiger partial charge in [0.15, 0.2) is 0 Å². The summed E-state index contributed by atoms with van der Waals surface area (Å²) in [6, 6.07) is 7.55. The van der Waals surface area contributed by atoms with Crippen molar-refractivity contribution in [3.05, 3.63) is 29.8 Å². The molecule has 0 aliphatic carbocycles. The molecule has 4 heteroatoms. The van der Waals surface area contributed by atoms with Crippen molar-refractivity contribution in [3.8, 4) is 0 Å². The Morgan fingerprint density at radius 3 is 2.78 bits per heavy atom. The van der Waals surface area contributed by atoms with E-state index in [1.165, 1.54) is 0 Å². The van der Waals surface area contributed by atoms with E-state index in [4.69, 9.17) is 5.11 Å². The number of aliphatic hydroxyl groups is 1. The molecule has 98 valence electrons. The first-order valence-electron chi connectivity index (χ1n) is 6.42. The summed E-state index contributed by atoms with van der Waals surface area (Å²) in [6.07, 6.45) is 1.79. The minimum atomic E-state index is 0.0866. The number of benzene rings is 1. The summed E-state index contributed by atoms with van der Waals surface area (Å²) in [5, 5.41) is 12.1. The van der Waals surface area contributed by atoms with Gasteiger partial charge in [0.25, 0.3) is 5.91 Å². The Balaban J connectivity index is 2.03. The Hall–Kier alpha value is -1.55. The summed E-state index contributed by atoms with van der Waals surface area (Å²) in [5.41, 5.74) is 1.68. The average molecular weight is 248 g/mol. The van der Waals surface area contributed by atoms with Crippen molar-refractivity contribution >= 4 is 11.6 Å². The maximum Gasteiger partial charge on any atom is 0.253 e. The van der Waals surface area contributed by atoms with Crippen LogP contribution in [-0.2, 0) is 0 Å². The van der Waals surface area contributed by atoms with Crippen LogP contribution in [0.5, 0.6) is 0 Å². The van der Waals surface area contributed by atoms with Crippen LogP contribution in [0.25, 0.3) is 0 Å². The number of aliphatic hydroxyl groups excluding tert-OH is 1. The van der Waals surface area contributed by atoms with Gasteiger partial charge in [-0.15, -0.1) is 0 Å². The molecule has 0 unspecified atom stereocenters. The molecule has 0 atom stereocenters. The van der Waals surface area contributed by atoms with Gasteiger partial charge in [-0.25, -0.2) is 0 Å². The summed E-state index contributed by atoms with van der Waals surface area (Å²) in [4.78, 5) is 14.2. The number of likely N-dealkylation sites (tertiary alicyclic amines) is 1. The summed E-state index contributed by atoms with van der Waals surface area (Å²) in [7, 11) is 1.84. The van der Waals surface area contributed by atoms with Gasteiger partial charge in [0, 0.05) is 38.0 Å². The van der Waals surface area contributed by atoms with Gasteiger partial charge in [-0.2, -0.15) is 0 Å². The Morgan fingerprint density at radius 2 is 2.17 bits per heavy atom. The highest BCUT2D eigenvalue weighted by Crippen LogP contribution is 2.19. The van der Waals surface area contributed by atoms with E-state index in [0.717, 1.165) is 37.2 Å². The fraction of sp³-hybridized carbons (Fsp3) is 0.500. The first kappa shape index (κ1) is 12.9. The largest absolute Gasteiger partial charge is 0.396 e. The van der Waals surface area contributed by atoms with E-state index in [2.05, 4.69) is 5.32 Å². The molecular weight excluding hydrogens is 228 g/mol. The lowest BCUT2D eigenvalue weighted by molar-refractivity contribution is 0.0651. The van der Waals surface area contributed by atoms with Gasteiger partial charge in [0.2, 0.25) is 0 Å². The number of hydrogen-bond acceptors (Lipinski definition) is 3. The lowest BCUT2D eigenvalue weighted by Gasteiger charge is -2.31. The topological polar surface area (TPSA) is 52.6 Å². The van der Waals surface area contributed by atoms with Crippen LogP contribution in [0.2, 0.25) is 0 Å². The first-order valence-corrected chi connectivity index (χ1v) is 6.42. The summed E-state index contributed by atoms with van der Waals surface area (Å²) < 4.78 is 0. The van der Waals surface area contributed by atoms with Gasteiger partial charge >= 0.3 is 0 Å². The van der Waals surface area contributed by atoms with E-state index in [-0.39, 0.29) is 12.5 Å². The highest BCUT2D eigenvalue weighted by atomic mass is 16.3. The maximum atomic E-state index is 12.3. The van der Waals surface area contributed by atoms with Gasteiger partial charge in [0.05, 0.1) is 0 Å². The second-order valence-electron chi connectivity index (χ2n) is 4.75. The van der Waals surface area contributed by atoms with Gasteiger partial charge in [-0.3, -0.25) is 4.79 Å². The number of carbonyl (C=O) groups excluding carboxylic acids is 1. The van der Waals surface area contributed by atoms with E-state index in [9.17, 15) is 4.79 Å². The van der Waals surface area contributed by atoms with Crippen LogP contribution in [0.15, 0.2) is 24.3 Å². The molecule has 2 N–H and O–H groups in total. The molecule has 2 rings (SSSR count). The number of piperidine rings is 1. The number of carbonyl (C=O) groups is 1. The van der Waals surface area contributed by atoms with Crippen LogP contribution >= 0.6 is 0 Å². The quantitative estimate of drug-likeness (QED) is 0.853. The van der Waals surface area contributed by atoms with Crippen molar-refractivity contribution in [1.29, 1.82) is 0 Å². The van der Waals surface area contributed by atoms with Crippen molar-refractivity contribution in [3.63, 3.8) is 0 Å². The van der Waals surface area contributed by atoms with Gasteiger partial charge in [0.1, 0.15) is 0 Å². The third kappa shape index (κ3) is 2.82. The second kappa shape index (κ2) is 5.87. The third-order valence-electron chi connectivity index (χ3n) is 3.56. The highest BCUT2D eigenvalue weighted by molar-refractivity contribution is 5.95. The molecule has 1 fully saturated rings. The zero-order chi connectivity index (χ0) is 13.0. The second-order valence-corrected chi connectivity index (χ2v) is 4.75. The molecule has 1 aliphatic heterocycles. The minimum Gasteiger partial charge on any atom is -0.396 e. The Morgan fingerprint density at radius 1 is 1.44 bits per heavy atom. The Kier molecular flexibility index (Phi) is 4.20. The standard InChI is InChI=1S/C14H20N2O2/c1-15-13-4-2-3-12(9-13)14(18)16-7-5-11(10-17)6-8-16/h2-4,9,11,15,17H,5-8,10H2,1H3. The van der Waals surface area contributed by atoms with Crippen LogP contribution < -0.4 is 5.32 Å². The minimum absolute atomic E-state index is 0.0866. The summed E-state index contributed by atoms with van der Waals surface area (Å²) in [5.74, 6) is 0.446. The van der Waals surface area contributed by atoms with Crippen LogP contribution in [-0.4, -0.2) is 42.7 Å². The predicted molar refractivity (Wildman–Crippen MR) is 71.7 cm³/mol.